The van der Waals surface area contributed by atoms with Crippen LogP contribution in [0.5, 0.6) is 0 Å². The smallest absolute Gasteiger partial charge is 0.263 e. The van der Waals surface area contributed by atoms with Crippen molar-refractivity contribution in [2.45, 2.75) is 30.4 Å². The van der Waals surface area contributed by atoms with Crippen LogP contribution in [0.15, 0.2) is 15.7 Å². The number of fused-ring (bicyclic) bond motifs is 1. The number of aromatic nitrogens is 2. The van der Waals surface area contributed by atoms with Gasteiger partial charge in [-0.2, -0.15) is 5.10 Å². The minimum atomic E-state index is -3.51. The Kier molecular flexibility index (Phi) is 2.90. The van der Waals surface area contributed by atoms with Crippen LogP contribution < -0.4 is 4.72 Å². The highest BCUT2D eigenvalue weighted by Crippen LogP contribution is 2.31. The fourth-order valence-electron chi connectivity index (χ4n) is 2.46. The molecule has 0 bridgehead atoms. The van der Waals surface area contributed by atoms with Crippen LogP contribution in [0.2, 0.25) is 0 Å². The number of hydrogen-bond donors (Lipinski definition) is 1. The van der Waals surface area contributed by atoms with E-state index in [4.69, 9.17) is 0 Å². The first-order valence-electron chi connectivity index (χ1n) is 6.10. The van der Waals surface area contributed by atoms with Gasteiger partial charge >= 0.3 is 0 Å². The van der Waals surface area contributed by atoms with Crippen LogP contribution in [0.4, 0.5) is 5.82 Å². The number of nitrogens with zero attached hydrogens (tertiary/aromatic N) is 2. The van der Waals surface area contributed by atoms with Crippen LogP contribution in [0.3, 0.4) is 0 Å². The van der Waals surface area contributed by atoms with Crippen LogP contribution in [0, 0.1) is 6.92 Å². The predicted molar refractivity (Wildman–Crippen MR) is 75.1 cm³/mol. The normalized spacial score (nSPS) is 14.6. The van der Waals surface area contributed by atoms with Crippen molar-refractivity contribution in [3.63, 3.8) is 0 Å². The molecule has 0 aromatic carbocycles. The van der Waals surface area contributed by atoms with E-state index in [0.29, 0.717) is 10.0 Å². The first kappa shape index (κ1) is 12.7. The molecule has 2 heterocycles. The zero-order valence-electron chi connectivity index (χ0n) is 10.8. The van der Waals surface area contributed by atoms with Gasteiger partial charge in [-0.1, -0.05) is 0 Å². The lowest BCUT2D eigenvalue weighted by Gasteiger charge is -2.09. The highest BCUT2D eigenvalue weighted by atomic mass is 32.2. The minimum Gasteiger partial charge on any atom is -0.263 e. The second kappa shape index (κ2) is 4.35. The lowest BCUT2D eigenvalue weighted by Crippen LogP contribution is -2.16. The molecule has 2 aromatic heterocycles. The topological polar surface area (TPSA) is 64.0 Å². The summed E-state index contributed by atoms with van der Waals surface area (Å²) in [5.41, 5.74) is 2.83. The zero-order chi connectivity index (χ0) is 13.6. The molecule has 0 saturated heterocycles. The van der Waals surface area contributed by atoms with E-state index in [1.54, 1.807) is 24.0 Å². The van der Waals surface area contributed by atoms with Gasteiger partial charge in [-0.3, -0.25) is 9.40 Å². The SMILES string of the molecule is Cc1ccsc1S(=O)(=O)Nc1c2c(nn1C)CCC2. The quantitative estimate of drug-likeness (QED) is 0.943. The zero-order valence-corrected chi connectivity index (χ0v) is 12.4. The van der Waals surface area contributed by atoms with Gasteiger partial charge in [0.2, 0.25) is 0 Å². The molecular weight excluding hydrogens is 282 g/mol. The third-order valence-corrected chi connectivity index (χ3v) is 6.39. The Morgan fingerprint density at radius 1 is 1.42 bits per heavy atom. The summed E-state index contributed by atoms with van der Waals surface area (Å²) in [5, 5.41) is 6.16. The van der Waals surface area contributed by atoms with Gasteiger partial charge in [-0.25, -0.2) is 8.42 Å². The third-order valence-electron chi connectivity index (χ3n) is 3.36. The molecule has 0 spiro atoms. The van der Waals surface area contributed by atoms with Crippen LogP contribution >= 0.6 is 11.3 Å². The lowest BCUT2D eigenvalue weighted by atomic mass is 10.3. The van der Waals surface area contributed by atoms with Gasteiger partial charge in [-0.05, 0) is 43.2 Å². The van der Waals surface area contributed by atoms with Crippen LogP contribution in [-0.2, 0) is 29.9 Å². The summed E-state index contributed by atoms with van der Waals surface area (Å²) in [7, 11) is -1.73. The van der Waals surface area contributed by atoms with Crippen molar-refractivity contribution in [1.82, 2.24) is 9.78 Å². The van der Waals surface area contributed by atoms with Crippen LogP contribution in [0.1, 0.15) is 23.2 Å². The number of hydrogen-bond acceptors (Lipinski definition) is 4. The van der Waals surface area contributed by atoms with E-state index >= 15 is 0 Å². The summed E-state index contributed by atoms with van der Waals surface area (Å²) in [5.74, 6) is 0.611. The lowest BCUT2D eigenvalue weighted by molar-refractivity contribution is 0.601. The Balaban J connectivity index is 2.00. The maximum Gasteiger partial charge on any atom is 0.272 e. The van der Waals surface area contributed by atoms with Gasteiger partial charge in [0.1, 0.15) is 10.0 Å². The van der Waals surface area contributed by atoms with E-state index in [0.717, 1.165) is 36.1 Å². The van der Waals surface area contributed by atoms with Gasteiger partial charge in [0.25, 0.3) is 10.0 Å². The number of anilines is 1. The second-order valence-corrected chi connectivity index (χ2v) is 7.54. The summed E-state index contributed by atoms with van der Waals surface area (Å²) in [6.45, 7) is 1.80. The highest BCUT2D eigenvalue weighted by molar-refractivity contribution is 7.94. The molecular formula is C12H15N3O2S2. The van der Waals surface area contributed by atoms with Crippen LogP contribution in [-0.4, -0.2) is 18.2 Å². The highest BCUT2D eigenvalue weighted by Gasteiger charge is 2.26. The molecule has 19 heavy (non-hydrogen) atoms. The van der Waals surface area contributed by atoms with E-state index < -0.39 is 10.0 Å². The fourth-order valence-corrected chi connectivity index (χ4v) is 5.00. The van der Waals surface area contributed by atoms with Crippen molar-refractivity contribution < 1.29 is 8.42 Å². The molecule has 1 aliphatic rings. The van der Waals surface area contributed by atoms with Crippen molar-refractivity contribution in [1.29, 1.82) is 0 Å². The fraction of sp³-hybridized carbons (Fsp3) is 0.417. The first-order chi connectivity index (χ1) is 8.99. The monoisotopic (exact) mass is 297 g/mol. The van der Waals surface area contributed by atoms with E-state index in [1.165, 1.54) is 11.3 Å². The number of nitrogens with one attached hydrogen (secondary N) is 1. The van der Waals surface area contributed by atoms with Crippen molar-refractivity contribution >= 4 is 27.2 Å². The van der Waals surface area contributed by atoms with Crippen molar-refractivity contribution in [2.75, 3.05) is 4.72 Å². The standard InChI is InChI=1S/C12H15N3O2S2/c1-8-6-7-18-12(8)19(16,17)14-11-9-4-3-5-10(9)13-15(11)2/h6-7,14H,3-5H2,1-2H3. The summed E-state index contributed by atoms with van der Waals surface area (Å²) >= 11 is 1.24. The van der Waals surface area contributed by atoms with Crippen molar-refractivity contribution in [2.24, 2.45) is 7.05 Å². The predicted octanol–water partition coefficient (Wildman–Crippen LogP) is 2.08. The van der Waals surface area contributed by atoms with E-state index in [-0.39, 0.29) is 0 Å². The maximum atomic E-state index is 12.4. The average Bonchev–Trinajstić information content (AvgIpc) is 2.99. The molecule has 1 N–H and O–H groups in total. The Labute approximate surface area is 116 Å². The third kappa shape index (κ3) is 2.06. The summed E-state index contributed by atoms with van der Waals surface area (Å²) in [6, 6.07) is 1.81. The molecule has 0 amide bonds. The molecule has 102 valence electrons. The molecule has 0 unspecified atom stereocenters. The largest absolute Gasteiger partial charge is 0.272 e. The number of aryl methyl sites for hydroxylation is 3. The molecule has 0 fully saturated rings. The Hall–Kier alpha value is -1.34. The van der Waals surface area contributed by atoms with Crippen molar-refractivity contribution in [3.8, 4) is 0 Å². The Morgan fingerprint density at radius 3 is 2.89 bits per heavy atom. The van der Waals surface area contributed by atoms with E-state index in [2.05, 4.69) is 9.82 Å². The first-order valence-corrected chi connectivity index (χ1v) is 8.47. The van der Waals surface area contributed by atoms with Crippen molar-refractivity contribution in [3.05, 3.63) is 28.3 Å². The molecule has 0 atom stereocenters. The van der Waals surface area contributed by atoms with Gasteiger partial charge < -0.3 is 0 Å². The molecule has 0 aliphatic heterocycles. The van der Waals surface area contributed by atoms with E-state index in [9.17, 15) is 8.42 Å². The summed E-state index contributed by atoms with van der Waals surface area (Å²) in [6.07, 6.45) is 2.87. The van der Waals surface area contributed by atoms with Gasteiger partial charge in [0, 0.05) is 12.6 Å². The molecule has 0 radical (unpaired) electrons. The molecule has 5 nitrogen and oxygen atoms in total. The minimum absolute atomic E-state index is 0.375. The maximum absolute atomic E-state index is 12.4. The molecule has 7 heteroatoms. The second-order valence-electron chi connectivity index (χ2n) is 4.75. The average molecular weight is 297 g/mol. The number of sulfonamides is 1. The van der Waals surface area contributed by atoms with E-state index in [1.807, 2.05) is 6.07 Å². The van der Waals surface area contributed by atoms with Gasteiger partial charge in [0.05, 0.1) is 5.69 Å². The summed E-state index contributed by atoms with van der Waals surface area (Å²) < 4.78 is 29.5. The van der Waals surface area contributed by atoms with Gasteiger partial charge in [0.15, 0.2) is 0 Å². The Bertz CT molecular complexity index is 728. The molecule has 1 aliphatic carbocycles. The molecule has 0 saturated carbocycles. The molecule has 2 aromatic rings. The number of thiophene rings is 1. The van der Waals surface area contributed by atoms with Gasteiger partial charge in [-0.15, -0.1) is 11.3 Å². The Morgan fingerprint density at radius 2 is 2.21 bits per heavy atom. The summed E-state index contributed by atoms with van der Waals surface area (Å²) in [4.78, 5) is 0. The molecule has 3 rings (SSSR count). The van der Waals surface area contributed by atoms with Crippen LogP contribution in [0.25, 0.3) is 0 Å². The number of rotatable bonds is 3.